The number of anilines is 9. The third-order valence-corrected chi connectivity index (χ3v) is 15.4. The molecule has 0 saturated heterocycles. The summed E-state index contributed by atoms with van der Waals surface area (Å²) >= 11 is 0. The van der Waals surface area contributed by atoms with Gasteiger partial charge in [0.15, 0.2) is 0 Å². The Bertz CT molecular complexity index is 3310. The van der Waals surface area contributed by atoms with E-state index in [4.69, 9.17) is 4.99 Å². The van der Waals surface area contributed by atoms with Crippen molar-refractivity contribution in [2.24, 2.45) is 4.99 Å². The SMILES string of the molecule is CC(C)(C)c1cc2c3c(c1)N(c1ccccc1)C1=C(CC4B5c6ccccc6N(c6ccccc6)c6cc(C(C)(C)C)cc(c65)N(c5ccccc5)C4=N1)B3C1=C(CCC=C1)N2c1ccccc1. The summed E-state index contributed by atoms with van der Waals surface area (Å²) in [5.41, 5.74) is 21.6. The highest BCUT2D eigenvalue weighted by Gasteiger charge is 2.54. The highest BCUT2D eigenvalue weighted by atomic mass is 15.3. The molecule has 0 N–H and O–H groups in total. The molecule has 0 bridgehead atoms. The minimum Gasteiger partial charge on any atom is -0.315 e. The molecule has 0 saturated carbocycles. The zero-order valence-electron chi connectivity index (χ0n) is 39.9. The van der Waals surface area contributed by atoms with Crippen LogP contribution < -0.4 is 36.0 Å². The van der Waals surface area contributed by atoms with Crippen molar-refractivity contribution >= 4 is 86.8 Å². The fourth-order valence-corrected chi connectivity index (χ4v) is 12.2. The first kappa shape index (κ1) is 41.0. The molecule has 68 heavy (non-hydrogen) atoms. The third kappa shape index (κ3) is 6.13. The predicted molar refractivity (Wildman–Crippen MR) is 289 cm³/mol. The molecule has 6 aliphatic rings. The van der Waals surface area contributed by atoms with Crippen LogP contribution in [0.1, 0.15) is 71.9 Å². The second kappa shape index (κ2) is 15.1. The Balaban J connectivity index is 1.14. The van der Waals surface area contributed by atoms with Crippen molar-refractivity contribution in [3.63, 3.8) is 0 Å². The molecule has 7 heteroatoms. The second-order valence-corrected chi connectivity index (χ2v) is 21.5. The van der Waals surface area contributed by atoms with Crippen molar-refractivity contribution in [2.75, 3.05) is 19.6 Å². The lowest BCUT2D eigenvalue weighted by molar-refractivity contribution is 0.590. The molecule has 5 heterocycles. The molecule has 0 amide bonds. The van der Waals surface area contributed by atoms with Crippen LogP contribution in [0.3, 0.4) is 0 Å². The summed E-state index contributed by atoms with van der Waals surface area (Å²) in [7, 11) is 0. The lowest BCUT2D eigenvalue weighted by atomic mass is 9.26. The van der Waals surface area contributed by atoms with Crippen molar-refractivity contribution in [2.45, 2.75) is 77.5 Å². The molecule has 1 unspecified atom stereocenters. The number of aliphatic imine (C=N–C) groups is 1. The van der Waals surface area contributed by atoms with Gasteiger partial charge >= 0.3 is 0 Å². The maximum Gasteiger partial charge on any atom is 0.249 e. The second-order valence-electron chi connectivity index (χ2n) is 21.5. The Morgan fingerprint density at radius 3 is 1.54 bits per heavy atom. The Hall–Kier alpha value is -7.24. The van der Waals surface area contributed by atoms with E-state index in [2.05, 4.69) is 243 Å². The van der Waals surface area contributed by atoms with Crippen LogP contribution in [0.25, 0.3) is 0 Å². The summed E-state index contributed by atoms with van der Waals surface area (Å²) in [6.45, 7) is 14.2. The largest absolute Gasteiger partial charge is 0.315 e. The fourth-order valence-electron chi connectivity index (χ4n) is 12.2. The van der Waals surface area contributed by atoms with Crippen LogP contribution in [0.2, 0.25) is 5.82 Å². The average Bonchev–Trinajstić information content (AvgIpc) is 3.36. The summed E-state index contributed by atoms with van der Waals surface area (Å²) in [6, 6.07) is 63.4. The molecule has 7 aromatic carbocycles. The third-order valence-electron chi connectivity index (χ3n) is 15.4. The predicted octanol–water partition coefficient (Wildman–Crippen LogP) is 13.6. The molecule has 0 fully saturated rings. The van der Waals surface area contributed by atoms with E-state index in [1.54, 1.807) is 0 Å². The fraction of sp³-hybridized carbons (Fsp3) is 0.197. The minimum absolute atomic E-state index is 0.0368. The van der Waals surface area contributed by atoms with Gasteiger partial charge in [-0.3, -0.25) is 9.80 Å². The standard InChI is InChI=1S/C61H55B2N5/c1-60(2,3)40-35-52-56-54(37-40)67(44-27-15-9-16-28-44)58-48(62(56)46-31-19-21-33-50(46)65(52)42-23-11-7-12-24-42)39-49-59(64-58)68(45-29-17-10-18-30-45)55-38-41(61(4,5)6)36-53-57(55)63(49)47-32-20-22-34-51(47)66(53)43-25-13-8-14-26-43/h7-21,23-33,35-38,48H,22,34,39H2,1-6H3. The van der Waals surface area contributed by atoms with Gasteiger partial charge < -0.3 is 9.80 Å². The quantitative estimate of drug-likeness (QED) is 0.165. The van der Waals surface area contributed by atoms with Crippen molar-refractivity contribution in [1.29, 1.82) is 0 Å². The summed E-state index contributed by atoms with van der Waals surface area (Å²) < 4.78 is 0. The highest BCUT2D eigenvalue weighted by molar-refractivity contribution is 6.95. The van der Waals surface area contributed by atoms with Crippen molar-refractivity contribution in [3.8, 4) is 0 Å². The van der Waals surface area contributed by atoms with Gasteiger partial charge in [0, 0.05) is 62.7 Å². The Kier molecular flexibility index (Phi) is 9.12. The summed E-state index contributed by atoms with van der Waals surface area (Å²) in [6.07, 6.45) is 7.74. The van der Waals surface area contributed by atoms with Gasteiger partial charge in [-0.25, -0.2) is 4.99 Å². The number of allylic oxidation sites excluding steroid dienone is 5. The first-order valence-corrected chi connectivity index (χ1v) is 24.6. The number of nitrogens with zero attached hydrogens (tertiary/aromatic N) is 5. The zero-order valence-corrected chi connectivity index (χ0v) is 39.9. The van der Waals surface area contributed by atoms with E-state index >= 15 is 0 Å². The van der Waals surface area contributed by atoms with E-state index < -0.39 is 0 Å². The maximum atomic E-state index is 6.27. The molecule has 0 spiro atoms. The molecule has 7 aromatic rings. The van der Waals surface area contributed by atoms with E-state index in [1.165, 1.54) is 84.0 Å². The lowest BCUT2D eigenvalue weighted by Crippen LogP contribution is -2.62. The molecule has 330 valence electrons. The van der Waals surface area contributed by atoms with Crippen molar-refractivity contribution < 1.29 is 0 Å². The Morgan fingerprint density at radius 1 is 0.500 bits per heavy atom. The Labute approximate surface area is 402 Å². The Morgan fingerprint density at radius 2 is 0.971 bits per heavy atom. The van der Waals surface area contributed by atoms with Crippen molar-refractivity contribution in [1.82, 2.24) is 0 Å². The molecule has 0 aromatic heterocycles. The number of rotatable bonds is 4. The van der Waals surface area contributed by atoms with E-state index in [0.29, 0.717) is 0 Å². The van der Waals surface area contributed by atoms with Crippen LogP contribution >= 0.6 is 0 Å². The van der Waals surface area contributed by atoms with E-state index in [1.807, 2.05) is 0 Å². The van der Waals surface area contributed by atoms with E-state index in [-0.39, 0.29) is 30.1 Å². The molecule has 13 rings (SSSR count). The average molecular weight is 880 g/mol. The molecular formula is C61H55B2N5. The number of benzene rings is 7. The van der Waals surface area contributed by atoms with Crippen LogP contribution in [-0.4, -0.2) is 19.3 Å². The molecule has 0 radical (unpaired) electrons. The first-order chi connectivity index (χ1) is 33.0. The number of para-hydroxylation sites is 5. The van der Waals surface area contributed by atoms with Gasteiger partial charge in [0.1, 0.15) is 11.7 Å². The van der Waals surface area contributed by atoms with Crippen LogP contribution in [0, 0.1) is 0 Å². The van der Waals surface area contributed by atoms with E-state index in [0.717, 1.165) is 42.3 Å². The highest BCUT2D eigenvalue weighted by Crippen LogP contribution is 2.54. The van der Waals surface area contributed by atoms with Crippen LogP contribution in [0.5, 0.6) is 0 Å². The maximum absolute atomic E-state index is 6.27. The smallest absolute Gasteiger partial charge is 0.249 e. The normalized spacial score (nSPS) is 17.9. The van der Waals surface area contributed by atoms with Gasteiger partial charge in [0.2, 0.25) is 13.4 Å². The summed E-state index contributed by atoms with van der Waals surface area (Å²) in [5, 5.41) is 0. The topological polar surface area (TPSA) is 25.3 Å². The molecular weight excluding hydrogens is 824 g/mol. The van der Waals surface area contributed by atoms with Gasteiger partial charge in [-0.05, 0) is 147 Å². The number of hydrogen-bond acceptors (Lipinski definition) is 5. The number of fused-ring (bicyclic) bond motifs is 6. The lowest BCUT2D eigenvalue weighted by Gasteiger charge is -2.51. The first-order valence-electron chi connectivity index (χ1n) is 24.6. The van der Waals surface area contributed by atoms with Gasteiger partial charge in [-0.2, -0.15) is 0 Å². The molecule has 5 aliphatic heterocycles. The van der Waals surface area contributed by atoms with Gasteiger partial charge in [0.05, 0.1) is 0 Å². The minimum atomic E-state index is -0.114. The van der Waals surface area contributed by atoms with Crippen LogP contribution in [0.15, 0.2) is 209 Å². The van der Waals surface area contributed by atoms with Gasteiger partial charge in [0.25, 0.3) is 0 Å². The molecule has 5 nitrogen and oxygen atoms in total. The van der Waals surface area contributed by atoms with Crippen molar-refractivity contribution in [3.05, 3.63) is 216 Å². The number of amidine groups is 1. The van der Waals surface area contributed by atoms with E-state index in [9.17, 15) is 0 Å². The molecule has 1 aliphatic carbocycles. The number of hydrogen-bond donors (Lipinski definition) is 0. The van der Waals surface area contributed by atoms with Gasteiger partial charge in [-0.1, -0.05) is 145 Å². The summed E-state index contributed by atoms with van der Waals surface area (Å²) in [4.78, 5) is 16.5. The zero-order chi connectivity index (χ0) is 46.1. The molecule has 1 atom stereocenters. The van der Waals surface area contributed by atoms with Gasteiger partial charge in [-0.15, -0.1) is 0 Å². The van der Waals surface area contributed by atoms with Crippen LogP contribution in [-0.2, 0) is 10.8 Å². The monoisotopic (exact) mass is 879 g/mol. The van der Waals surface area contributed by atoms with Crippen LogP contribution in [0.4, 0.5) is 51.2 Å². The summed E-state index contributed by atoms with van der Waals surface area (Å²) in [5.74, 6) is 2.21.